The molecule has 0 amide bonds. The zero-order chi connectivity index (χ0) is 14.1. The van der Waals surface area contributed by atoms with Crippen molar-refractivity contribution in [1.29, 1.82) is 0 Å². The van der Waals surface area contributed by atoms with Crippen molar-refractivity contribution in [1.82, 2.24) is 0 Å². The van der Waals surface area contributed by atoms with Crippen molar-refractivity contribution >= 4 is 23.3 Å². The molecule has 0 radical (unpaired) electrons. The summed E-state index contributed by atoms with van der Waals surface area (Å²) in [6.45, 7) is 2.87. The summed E-state index contributed by atoms with van der Waals surface area (Å²) in [5.41, 5.74) is -2.06. The molecule has 0 unspecified atom stereocenters. The molecule has 18 heavy (non-hydrogen) atoms. The highest BCUT2D eigenvalue weighted by atomic mass is 35.5. The summed E-state index contributed by atoms with van der Waals surface area (Å²) < 4.78 is 0. The third-order valence-electron chi connectivity index (χ3n) is 2.26. The van der Waals surface area contributed by atoms with Crippen molar-refractivity contribution in [2.24, 2.45) is 0 Å². The first-order valence-electron chi connectivity index (χ1n) is 5.05. The van der Waals surface area contributed by atoms with Gasteiger partial charge >= 0.3 is 5.97 Å². The maximum Gasteiger partial charge on any atom is 0.336 e. The van der Waals surface area contributed by atoms with Gasteiger partial charge in [-0.3, -0.25) is 10.1 Å². The number of hydrogen-bond donors (Lipinski definition) is 2. The molecule has 0 aromatic heterocycles. The Morgan fingerprint density at radius 3 is 2.44 bits per heavy atom. The predicted molar refractivity (Wildman–Crippen MR) is 65.1 cm³/mol. The molecular formula is C11H12ClNO5. The number of benzene rings is 1. The van der Waals surface area contributed by atoms with Crippen LogP contribution in [0.25, 0.3) is 0 Å². The molecule has 7 heteroatoms. The molecular weight excluding hydrogens is 262 g/mol. The molecule has 0 saturated heterocycles. The van der Waals surface area contributed by atoms with Crippen LogP contribution in [0.3, 0.4) is 0 Å². The third kappa shape index (κ3) is 3.18. The minimum absolute atomic E-state index is 0.0764. The second-order valence-electron chi connectivity index (χ2n) is 4.47. The Kier molecular flexibility index (Phi) is 3.93. The quantitative estimate of drug-likeness (QED) is 0.647. The summed E-state index contributed by atoms with van der Waals surface area (Å²) in [7, 11) is 0. The van der Waals surface area contributed by atoms with Gasteiger partial charge in [0, 0.05) is 12.0 Å². The van der Waals surface area contributed by atoms with Gasteiger partial charge in [0.1, 0.15) is 5.02 Å². The molecule has 0 aliphatic heterocycles. The molecule has 0 aliphatic rings. The van der Waals surface area contributed by atoms with Crippen molar-refractivity contribution in [3.8, 4) is 0 Å². The summed E-state index contributed by atoms with van der Waals surface area (Å²) in [6, 6.07) is 2.36. The fourth-order valence-electron chi connectivity index (χ4n) is 1.62. The highest BCUT2D eigenvalue weighted by Crippen LogP contribution is 2.33. The first-order valence-corrected chi connectivity index (χ1v) is 5.42. The Morgan fingerprint density at radius 2 is 2.06 bits per heavy atom. The van der Waals surface area contributed by atoms with Gasteiger partial charge in [-0.15, -0.1) is 0 Å². The van der Waals surface area contributed by atoms with Gasteiger partial charge < -0.3 is 10.2 Å². The smallest absolute Gasteiger partial charge is 0.336 e. The first kappa shape index (κ1) is 14.4. The largest absolute Gasteiger partial charge is 0.478 e. The average Bonchev–Trinajstić information content (AvgIpc) is 2.13. The molecule has 1 aromatic rings. The molecule has 0 spiro atoms. The molecule has 0 bridgehead atoms. The maximum absolute atomic E-state index is 11.0. The molecule has 0 heterocycles. The van der Waals surface area contributed by atoms with Crippen molar-refractivity contribution in [3.05, 3.63) is 38.4 Å². The zero-order valence-electron chi connectivity index (χ0n) is 9.81. The number of aromatic carboxylic acids is 1. The monoisotopic (exact) mass is 273 g/mol. The van der Waals surface area contributed by atoms with Crippen LogP contribution in [0.1, 0.15) is 29.8 Å². The minimum atomic E-state index is -1.30. The topological polar surface area (TPSA) is 101 Å². The van der Waals surface area contributed by atoms with E-state index in [0.29, 0.717) is 0 Å². The Balaban J connectivity index is 3.53. The van der Waals surface area contributed by atoms with E-state index >= 15 is 0 Å². The van der Waals surface area contributed by atoms with Gasteiger partial charge in [0.05, 0.1) is 16.1 Å². The Bertz CT molecular complexity index is 507. The first-order chi connectivity index (χ1) is 8.13. The van der Waals surface area contributed by atoms with Gasteiger partial charge in [0.25, 0.3) is 5.69 Å². The normalized spacial score (nSPS) is 11.3. The lowest BCUT2D eigenvalue weighted by atomic mass is 9.93. The highest BCUT2D eigenvalue weighted by molar-refractivity contribution is 6.33. The molecule has 1 rings (SSSR count). The second kappa shape index (κ2) is 4.91. The predicted octanol–water partition coefficient (Wildman–Crippen LogP) is 2.26. The van der Waals surface area contributed by atoms with Gasteiger partial charge in [-0.2, -0.15) is 0 Å². The van der Waals surface area contributed by atoms with E-state index in [9.17, 15) is 20.0 Å². The number of nitro benzene ring substituents is 1. The van der Waals surface area contributed by atoms with E-state index in [1.807, 2.05) is 0 Å². The molecule has 0 aliphatic carbocycles. The number of halogens is 1. The van der Waals surface area contributed by atoms with Crippen LogP contribution in [0.4, 0.5) is 5.69 Å². The standard InChI is InChI=1S/C11H12ClNO5/c1-11(2,16)5-7-6(10(14)15)3-4-8(12)9(7)13(17)18/h3-4,16H,5H2,1-2H3,(H,14,15). The summed E-state index contributed by atoms with van der Waals surface area (Å²) in [6.07, 6.45) is -0.175. The lowest BCUT2D eigenvalue weighted by Gasteiger charge is -2.18. The van der Waals surface area contributed by atoms with Gasteiger partial charge in [-0.1, -0.05) is 11.6 Å². The Labute approximate surface area is 108 Å². The van der Waals surface area contributed by atoms with Crippen molar-refractivity contribution in [3.63, 3.8) is 0 Å². The third-order valence-corrected chi connectivity index (χ3v) is 2.56. The maximum atomic E-state index is 11.0. The van der Waals surface area contributed by atoms with E-state index in [4.69, 9.17) is 16.7 Å². The van der Waals surface area contributed by atoms with E-state index in [1.165, 1.54) is 19.9 Å². The van der Waals surface area contributed by atoms with Gasteiger partial charge in [0.15, 0.2) is 0 Å². The zero-order valence-corrected chi connectivity index (χ0v) is 10.6. The van der Waals surface area contributed by atoms with Crippen LogP contribution in [0.5, 0.6) is 0 Å². The van der Waals surface area contributed by atoms with E-state index in [1.54, 1.807) is 0 Å². The SMILES string of the molecule is CC(C)(O)Cc1c(C(=O)O)ccc(Cl)c1[N+](=O)[O-]. The fourth-order valence-corrected chi connectivity index (χ4v) is 1.86. The van der Waals surface area contributed by atoms with E-state index in [-0.39, 0.29) is 22.6 Å². The summed E-state index contributed by atoms with van der Waals surface area (Å²) >= 11 is 5.71. The summed E-state index contributed by atoms with van der Waals surface area (Å²) in [5, 5.41) is 29.5. The van der Waals surface area contributed by atoms with Gasteiger partial charge in [-0.25, -0.2) is 4.79 Å². The summed E-state index contributed by atoms with van der Waals surface area (Å²) in [4.78, 5) is 21.3. The van der Waals surface area contributed by atoms with Crippen LogP contribution in [-0.2, 0) is 6.42 Å². The van der Waals surface area contributed by atoms with E-state index < -0.39 is 22.2 Å². The van der Waals surface area contributed by atoms with E-state index in [2.05, 4.69) is 0 Å². The molecule has 2 N–H and O–H groups in total. The lowest BCUT2D eigenvalue weighted by Crippen LogP contribution is -2.24. The minimum Gasteiger partial charge on any atom is -0.478 e. The molecule has 6 nitrogen and oxygen atoms in total. The van der Waals surface area contributed by atoms with Crippen LogP contribution in [0.15, 0.2) is 12.1 Å². The Hall–Kier alpha value is -1.66. The number of carbonyl (C=O) groups is 1. The van der Waals surface area contributed by atoms with Crippen LogP contribution >= 0.6 is 11.6 Å². The van der Waals surface area contributed by atoms with Gasteiger partial charge in [0.2, 0.25) is 0 Å². The van der Waals surface area contributed by atoms with Crippen LogP contribution in [0.2, 0.25) is 5.02 Å². The van der Waals surface area contributed by atoms with Crippen molar-refractivity contribution in [2.45, 2.75) is 25.9 Å². The van der Waals surface area contributed by atoms with E-state index in [0.717, 1.165) is 6.07 Å². The molecule has 1 aromatic carbocycles. The number of carboxylic acids is 1. The number of aliphatic hydroxyl groups is 1. The second-order valence-corrected chi connectivity index (χ2v) is 4.88. The molecule has 0 saturated carbocycles. The number of nitrogens with zero attached hydrogens (tertiary/aromatic N) is 1. The number of hydrogen-bond acceptors (Lipinski definition) is 4. The number of nitro groups is 1. The van der Waals surface area contributed by atoms with Crippen molar-refractivity contribution in [2.75, 3.05) is 0 Å². The molecule has 0 atom stereocenters. The lowest BCUT2D eigenvalue weighted by molar-refractivity contribution is -0.385. The average molecular weight is 274 g/mol. The van der Waals surface area contributed by atoms with Crippen LogP contribution in [0, 0.1) is 10.1 Å². The molecule has 98 valence electrons. The van der Waals surface area contributed by atoms with Crippen molar-refractivity contribution < 1.29 is 19.9 Å². The number of carboxylic acid groups (broad SMARTS) is 1. The summed E-state index contributed by atoms with van der Waals surface area (Å²) in [5.74, 6) is -1.30. The van der Waals surface area contributed by atoms with Gasteiger partial charge in [-0.05, 0) is 26.0 Å². The molecule has 0 fully saturated rings. The van der Waals surface area contributed by atoms with Crippen LogP contribution < -0.4 is 0 Å². The fraction of sp³-hybridized carbons (Fsp3) is 0.364. The highest BCUT2D eigenvalue weighted by Gasteiger charge is 2.29. The number of rotatable bonds is 4. The Morgan fingerprint density at radius 1 is 1.50 bits per heavy atom. The van der Waals surface area contributed by atoms with Crippen LogP contribution in [-0.4, -0.2) is 26.7 Å².